The number of aliphatic imine (C=N–C) groups is 1. The van der Waals surface area contributed by atoms with Gasteiger partial charge in [-0.05, 0) is 51.5 Å². The Labute approximate surface area is 130 Å². The Morgan fingerprint density at radius 3 is 2.09 bits per heavy atom. The molecule has 1 aromatic rings. The standard InChI is InChI=1S/C16H17F6N/c1-9(2)23-14(7-11(4)15(17,18)19)13-8-12(16(20,21)22)6-5-10(13)3/h5-9H,1-4H3/b11-7+,23-14+. The molecule has 0 spiro atoms. The average Bonchev–Trinajstić information content (AvgIpc) is 2.35. The molecule has 0 unspecified atom stereocenters. The highest BCUT2D eigenvalue weighted by molar-refractivity contribution is 6.10. The summed E-state index contributed by atoms with van der Waals surface area (Å²) < 4.78 is 76.7. The van der Waals surface area contributed by atoms with Gasteiger partial charge in [-0.2, -0.15) is 26.3 Å². The number of hydrogen-bond donors (Lipinski definition) is 0. The molecule has 1 rings (SSSR count). The average molecular weight is 337 g/mol. The third-order valence-corrected chi connectivity index (χ3v) is 3.04. The normalized spacial score (nSPS) is 14.6. The van der Waals surface area contributed by atoms with E-state index >= 15 is 0 Å². The van der Waals surface area contributed by atoms with Crippen LogP contribution < -0.4 is 0 Å². The highest BCUT2D eigenvalue weighted by Gasteiger charge is 2.32. The van der Waals surface area contributed by atoms with E-state index in [4.69, 9.17) is 0 Å². The van der Waals surface area contributed by atoms with Crippen LogP contribution in [-0.4, -0.2) is 17.9 Å². The van der Waals surface area contributed by atoms with Gasteiger partial charge < -0.3 is 0 Å². The minimum absolute atomic E-state index is 0.0390. The minimum atomic E-state index is -4.58. The van der Waals surface area contributed by atoms with Gasteiger partial charge in [0.15, 0.2) is 0 Å². The van der Waals surface area contributed by atoms with Crippen molar-refractivity contribution < 1.29 is 26.3 Å². The Hall–Kier alpha value is -1.79. The maximum atomic E-state index is 12.8. The first-order valence-electron chi connectivity index (χ1n) is 6.84. The van der Waals surface area contributed by atoms with Crippen LogP contribution in [0.5, 0.6) is 0 Å². The Morgan fingerprint density at radius 1 is 1.09 bits per heavy atom. The maximum absolute atomic E-state index is 12.8. The second-order valence-electron chi connectivity index (χ2n) is 5.46. The predicted molar refractivity (Wildman–Crippen MR) is 77.7 cm³/mol. The van der Waals surface area contributed by atoms with E-state index in [-0.39, 0.29) is 17.3 Å². The lowest BCUT2D eigenvalue weighted by atomic mass is 9.98. The van der Waals surface area contributed by atoms with Gasteiger partial charge in [0.25, 0.3) is 0 Å². The number of aryl methyl sites for hydroxylation is 1. The molecule has 0 bridgehead atoms. The van der Waals surface area contributed by atoms with Crippen molar-refractivity contribution in [3.05, 3.63) is 46.5 Å². The summed E-state index contributed by atoms with van der Waals surface area (Å²) in [5, 5.41) is 0. The minimum Gasteiger partial charge on any atom is -0.282 e. The van der Waals surface area contributed by atoms with Crippen LogP contribution in [0, 0.1) is 6.92 Å². The molecule has 0 N–H and O–H groups in total. The van der Waals surface area contributed by atoms with Crippen LogP contribution in [-0.2, 0) is 6.18 Å². The number of hydrogen-bond acceptors (Lipinski definition) is 1. The summed E-state index contributed by atoms with van der Waals surface area (Å²) in [7, 11) is 0. The Balaban J connectivity index is 3.52. The van der Waals surface area contributed by atoms with E-state index in [1.165, 1.54) is 13.0 Å². The third kappa shape index (κ3) is 5.41. The van der Waals surface area contributed by atoms with Crippen LogP contribution in [0.15, 0.2) is 34.8 Å². The molecule has 23 heavy (non-hydrogen) atoms. The van der Waals surface area contributed by atoms with Crippen LogP contribution in [0.1, 0.15) is 37.5 Å². The predicted octanol–water partition coefficient (Wildman–Crippen LogP) is 5.72. The molecular weight excluding hydrogens is 320 g/mol. The molecule has 0 atom stereocenters. The van der Waals surface area contributed by atoms with Crippen molar-refractivity contribution in [2.45, 2.75) is 46.1 Å². The molecular formula is C16H17F6N. The lowest BCUT2D eigenvalue weighted by Gasteiger charge is -2.14. The van der Waals surface area contributed by atoms with E-state index in [1.807, 2.05) is 0 Å². The maximum Gasteiger partial charge on any atom is 0.416 e. The van der Waals surface area contributed by atoms with Crippen LogP contribution in [0.2, 0.25) is 0 Å². The summed E-state index contributed by atoms with van der Waals surface area (Å²) >= 11 is 0. The van der Waals surface area contributed by atoms with Crippen molar-refractivity contribution in [1.29, 1.82) is 0 Å². The molecule has 7 heteroatoms. The van der Waals surface area contributed by atoms with Gasteiger partial charge in [0.1, 0.15) is 0 Å². The Kier molecular flexibility index (Phi) is 5.66. The van der Waals surface area contributed by atoms with Crippen LogP contribution in [0.4, 0.5) is 26.3 Å². The number of nitrogens with zero attached hydrogens (tertiary/aromatic N) is 1. The van der Waals surface area contributed by atoms with Gasteiger partial charge in [-0.15, -0.1) is 0 Å². The zero-order valence-electron chi connectivity index (χ0n) is 13.1. The topological polar surface area (TPSA) is 12.4 Å². The summed E-state index contributed by atoms with van der Waals surface area (Å²) in [6, 6.07) is 2.59. The highest BCUT2D eigenvalue weighted by Crippen LogP contribution is 2.31. The SMILES string of the molecule is C/C(=C\C(=N/C(C)C)c1cc(C(F)(F)F)ccc1C)C(F)(F)F. The summed E-state index contributed by atoms with van der Waals surface area (Å²) in [5.41, 5.74) is -1.50. The van der Waals surface area contributed by atoms with Crippen molar-refractivity contribution in [1.82, 2.24) is 0 Å². The molecule has 0 radical (unpaired) electrons. The first-order valence-corrected chi connectivity index (χ1v) is 6.84. The van der Waals surface area contributed by atoms with Gasteiger partial charge >= 0.3 is 12.4 Å². The molecule has 1 nitrogen and oxygen atoms in total. The molecule has 0 aromatic heterocycles. The van der Waals surface area contributed by atoms with E-state index in [1.54, 1.807) is 13.8 Å². The summed E-state index contributed by atoms with van der Waals surface area (Å²) in [6.07, 6.45) is -8.36. The van der Waals surface area contributed by atoms with Crippen molar-refractivity contribution in [3.8, 4) is 0 Å². The number of halogens is 6. The summed E-state index contributed by atoms with van der Waals surface area (Å²) in [4.78, 5) is 4.06. The van der Waals surface area contributed by atoms with E-state index < -0.39 is 23.5 Å². The quantitative estimate of drug-likeness (QED) is 0.494. The van der Waals surface area contributed by atoms with E-state index in [0.29, 0.717) is 5.56 Å². The van der Waals surface area contributed by atoms with Crippen molar-refractivity contribution >= 4 is 5.71 Å². The van der Waals surface area contributed by atoms with Gasteiger partial charge in [-0.1, -0.05) is 6.07 Å². The van der Waals surface area contributed by atoms with Crippen molar-refractivity contribution in [2.75, 3.05) is 0 Å². The highest BCUT2D eigenvalue weighted by atomic mass is 19.4. The first-order chi connectivity index (χ1) is 10.3. The zero-order chi connectivity index (χ0) is 18.0. The Morgan fingerprint density at radius 2 is 1.65 bits per heavy atom. The largest absolute Gasteiger partial charge is 0.416 e. The van der Waals surface area contributed by atoms with Gasteiger partial charge in [-0.25, -0.2) is 0 Å². The van der Waals surface area contributed by atoms with Crippen LogP contribution in [0.3, 0.4) is 0 Å². The Bertz CT molecular complexity index is 620. The monoisotopic (exact) mass is 337 g/mol. The fourth-order valence-electron chi connectivity index (χ4n) is 1.82. The number of allylic oxidation sites excluding steroid dienone is 2. The second kappa shape index (κ2) is 6.76. The molecule has 1 aromatic carbocycles. The molecule has 0 aliphatic heterocycles. The number of alkyl halides is 6. The van der Waals surface area contributed by atoms with Crippen molar-refractivity contribution in [3.63, 3.8) is 0 Å². The van der Waals surface area contributed by atoms with Gasteiger partial charge in [0.2, 0.25) is 0 Å². The first kappa shape index (κ1) is 19.3. The molecule has 0 fully saturated rings. The number of rotatable bonds is 3. The molecule has 0 saturated carbocycles. The summed E-state index contributed by atoms with van der Waals surface area (Å²) in [6.45, 7) is 5.67. The van der Waals surface area contributed by atoms with Crippen LogP contribution in [0.25, 0.3) is 0 Å². The van der Waals surface area contributed by atoms with Gasteiger partial charge in [-0.3, -0.25) is 4.99 Å². The summed E-state index contributed by atoms with van der Waals surface area (Å²) in [5.74, 6) is 0. The van der Waals surface area contributed by atoms with Crippen molar-refractivity contribution in [2.24, 2.45) is 4.99 Å². The fourth-order valence-corrected chi connectivity index (χ4v) is 1.82. The number of benzene rings is 1. The smallest absolute Gasteiger partial charge is 0.282 e. The van der Waals surface area contributed by atoms with E-state index in [2.05, 4.69) is 4.99 Å². The second-order valence-corrected chi connectivity index (χ2v) is 5.46. The van der Waals surface area contributed by atoms with Gasteiger partial charge in [0.05, 0.1) is 11.3 Å². The zero-order valence-corrected chi connectivity index (χ0v) is 13.1. The lowest BCUT2D eigenvalue weighted by Crippen LogP contribution is -2.14. The molecule has 0 saturated heterocycles. The van der Waals surface area contributed by atoms with E-state index in [9.17, 15) is 26.3 Å². The third-order valence-electron chi connectivity index (χ3n) is 3.04. The van der Waals surface area contributed by atoms with Crippen LogP contribution >= 0.6 is 0 Å². The molecule has 0 amide bonds. The lowest BCUT2D eigenvalue weighted by molar-refractivity contribution is -0.137. The molecule has 128 valence electrons. The molecule has 0 aliphatic carbocycles. The molecule has 0 heterocycles. The van der Waals surface area contributed by atoms with E-state index in [0.717, 1.165) is 25.1 Å². The van der Waals surface area contributed by atoms with Gasteiger partial charge in [0, 0.05) is 17.2 Å². The molecule has 0 aliphatic rings. The fraction of sp³-hybridized carbons (Fsp3) is 0.438.